The Morgan fingerprint density at radius 1 is 0.404 bits per heavy atom. The Bertz CT molecular complexity index is 2300. The lowest BCUT2D eigenvalue weighted by molar-refractivity contribution is 0.359. The highest BCUT2D eigenvalue weighted by Gasteiger charge is 2.47. The van der Waals surface area contributed by atoms with Gasteiger partial charge in [-0.05, 0) is 92.0 Å². The molecule has 9 rings (SSSR count). The Labute approximate surface area is 273 Å². The summed E-state index contributed by atoms with van der Waals surface area (Å²) < 4.78 is 13.2. The average Bonchev–Trinajstić information content (AvgIpc) is 3.43. The van der Waals surface area contributed by atoms with Crippen molar-refractivity contribution >= 4 is 0 Å². The van der Waals surface area contributed by atoms with Gasteiger partial charge in [0.25, 0.3) is 0 Å². The third-order valence-electron chi connectivity index (χ3n) is 9.47. The summed E-state index contributed by atoms with van der Waals surface area (Å²) in [4.78, 5) is 0. The minimum Gasteiger partial charge on any atom is -0.450 e. The normalized spacial score (nSPS) is 13.2. The molecule has 7 aromatic carbocycles. The first-order valence-corrected chi connectivity index (χ1v) is 15.7. The zero-order chi connectivity index (χ0) is 31.4. The molecule has 3 heteroatoms. The molecule has 0 aromatic heterocycles. The van der Waals surface area contributed by atoms with Crippen LogP contribution in [-0.4, -0.2) is 0 Å². The highest BCUT2D eigenvalue weighted by Crippen LogP contribution is 2.59. The van der Waals surface area contributed by atoms with Gasteiger partial charge in [-0.25, -0.2) is 0 Å². The van der Waals surface area contributed by atoms with Gasteiger partial charge in [-0.15, -0.1) is 0 Å². The van der Waals surface area contributed by atoms with Crippen molar-refractivity contribution in [2.24, 2.45) is 0 Å². The molecule has 1 aliphatic heterocycles. The van der Waals surface area contributed by atoms with Gasteiger partial charge < -0.3 is 9.47 Å². The summed E-state index contributed by atoms with van der Waals surface area (Å²) in [6, 6.07) is 59.0. The second-order valence-electron chi connectivity index (χ2n) is 12.0. The van der Waals surface area contributed by atoms with Crippen molar-refractivity contribution in [3.8, 4) is 62.4 Å². The number of hydrogen-bond acceptors (Lipinski definition) is 3. The van der Waals surface area contributed by atoms with Gasteiger partial charge >= 0.3 is 0 Å². The molecule has 0 amide bonds. The van der Waals surface area contributed by atoms with Gasteiger partial charge in [-0.3, -0.25) is 0 Å². The summed E-state index contributed by atoms with van der Waals surface area (Å²) >= 11 is 0. The smallest absolute Gasteiger partial charge is 0.170 e. The van der Waals surface area contributed by atoms with Crippen molar-refractivity contribution in [2.45, 2.75) is 5.41 Å². The van der Waals surface area contributed by atoms with Crippen molar-refractivity contribution in [2.75, 3.05) is 0 Å². The van der Waals surface area contributed by atoms with Crippen LogP contribution in [-0.2, 0) is 5.41 Å². The van der Waals surface area contributed by atoms with Gasteiger partial charge in [0, 0.05) is 0 Å². The predicted molar refractivity (Wildman–Crippen MR) is 186 cm³/mol. The fourth-order valence-corrected chi connectivity index (χ4v) is 7.29. The molecular weight excluding hydrogens is 574 g/mol. The van der Waals surface area contributed by atoms with Crippen LogP contribution in [0.25, 0.3) is 33.4 Å². The third kappa shape index (κ3) is 4.20. The van der Waals surface area contributed by atoms with Crippen LogP contribution >= 0.6 is 0 Å². The van der Waals surface area contributed by atoms with E-state index in [1.54, 1.807) is 0 Å². The molecule has 1 heterocycles. The molecule has 0 unspecified atom stereocenters. The Morgan fingerprint density at radius 2 is 0.915 bits per heavy atom. The zero-order valence-corrected chi connectivity index (χ0v) is 25.4. The van der Waals surface area contributed by atoms with Crippen molar-refractivity contribution in [1.82, 2.24) is 0 Å². The van der Waals surface area contributed by atoms with Gasteiger partial charge in [-0.2, -0.15) is 5.26 Å². The summed E-state index contributed by atoms with van der Waals surface area (Å²) in [5.41, 5.74) is 11.7. The first-order valence-electron chi connectivity index (χ1n) is 15.7. The number of nitrogens with zero attached hydrogens (tertiary/aromatic N) is 1. The Morgan fingerprint density at radius 3 is 1.57 bits per heavy atom. The molecule has 2 aliphatic rings. The molecule has 220 valence electrons. The number of hydrogen-bond donors (Lipinski definition) is 0. The van der Waals surface area contributed by atoms with Crippen LogP contribution in [0.2, 0.25) is 0 Å². The Kier molecular flexibility index (Phi) is 6.10. The maximum absolute atomic E-state index is 9.12. The van der Waals surface area contributed by atoms with Crippen LogP contribution < -0.4 is 9.47 Å². The van der Waals surface area contributed by atoms with E-state index in [4.69, 9.17) is 14.7 Å². The number of fused-ring (bicyclic) bond motifs is 5. The third-order valence-corrected chi connectivity index (χ3v) is 9.47. The largest absolute Gasteiger partial charge is 0.450 e. The van der Waals surface area contributed by atoms with E-state index in [1.165, 1.54) is 27.8 Å². The van der Waals surface area contributed by atoms with Crippen LogP contribution in [0.4, 0.5) is 0 Å². The second-order valence-corrected chi connectivity index (χ2v) is 12.0. The van der Waals surface area contributed by atoms with Crippen molar-refractivity contribution in [3.05, 3.63) is 192 Å². The van der Waals surface area contributed by atoms with E-state index < -0.39 is 5.41 Å². The van der Waals surface area contributed by atoms with E-state index in [9.17, 15) is 0 Å². The molecule has 0 saturated heterocycles. The summed E-state index contributed by atoms with van der Waals surface area (Å²) in [5, 5.41) is 9.12. The summed E-state index contributed by atoms with van der Waals surface area (Å²) in [7, 11) is 0. The number of rotatable bonds is 4. The standard InChI is InChI=1S/C44H27NO2/c45-28-29-15-17-30(18-16-29)31-19-21-32(22-20-31)33-23-24-40-41(25-33)47-42-26-37-36-13-7-8-14-38(36)44(34-9-3-1-4-10-34,35-11-5-2-6-12-35)39(37)27-43(42)46-40/h1-27H. The maximum Gasteiger partial charge on any atom is 0.170 e. The highest BCUT2D eigenvalue weighted by molar-refractivity contribution is 5.88. The maximum atomic E-state index is 9.12. The molecule has 0 atom stereocenters. The lowest BCUT2D eigenvalue weighted by Crippen LogP contribution is -2.28. The molecule has 0 spiro atoms. The lowest BCUT2D eigenvalue weighted by atomic mass is 9.67. The molecule has 0 saturated carbocycles. The van der Waals surface area contributed by atoms with E-state index in [1.807, 2.05) is 36.4 Å². The van der Waals surface area contributed by atoms with Crippen molar-refractivity contribution in [1.29, 1.82) is 5.26 Å². The van der Waals surface area contributed by atoms with Gasteiger partial charge in [0.15, 0.2) is 23.0 Å². The fourth-order valence-electron chi connectivity index (χ4n) is 7.29. The van der Waals surface area contributed by atoms with Crippen LogP contribution in [0.5, 0.6) is 23.0 Å². The first kappa shape index (κ1) is 27.0. The second kappa shape index (κ2) is 10.6. The topological polar surface area (TPSA) is 42.2 Å². The van der Waals surface area contributed by atoms with E-state index in [0.717, 1.165) is 27.8 Å². The van der Waals surface area contributed by atoms with Crippen molar-refractivity contribution < 1.29 is 9.47 Å². The van der Waals surface area contributed by atoms with Gasteiger partial charge in [0.05, 0.1) is 17.0 Å². The fraction of sp³-hybridized carbons (Fsp3) is 0.0227. The average molecular weight is 602 g/mol. The highest BCUT2D eigenvalue weighted by atomic mass is 16.6. The summed E-state index contributed by atoms with van der Waals surface area (Å²) in [6.45, 7) is 0. The summed E-state index contributed by atoms with van der Waals surface area (Å²) in [5.74, 6) is 2.79. The SMILES string of the molecule is N#Cc1ccc(-c2ccc(-c3ccc4c(c3)Oc3cc5c(cc3O4)C(c3ccccc3)(c3ccccc3)c3ccccc3-5)cc2)cc1. The Hall–Kier alpha value is -6.37. The minimum absolute atomic E-state index is 0.499. The van der Waals surface area contributed by atoms with E-state index in [0.29, 0.717) is 28.6 Å². The van der Waals surface area contributed by atoms with Gasteiger partial charge in [-0.1, -0.05) is 127 Å². The lowest BCUT2D eigenvalue weighted by Gasteiger charge is -2.34. The molecule has 1 aliphatic carbocycles. The van der Waals surface area contributed by atoms with Gasteiger partial charge in [0.2, 0.25) is 0 Å². The van der Waals surface area contributed by atoms with E-state index >= 15 is 0 Å². The molecule has 0 radical (unpaired) electrons. The zero-order valence-electron chi connectivity index (χ0n) is 25.4. The van der Waals surface area contributed by atoms with Crippen LogP contribution in [0.3, 0.4) is 0 Å². The van der Waals surface area contributed by atoms with Crippen molar-refractivity contribution in [3.63, 3.8) is 0 Å². The minimum atomic E-state index is -0.499. The first-order chi connectivity index (χ1) is 23.2. The van der Waals surface area contributed by atoms with Crippen LogP contribution in [0.1, 0.15) is 27.8 Å². The summed E-state index contributed by atoms with van der Waals surface area (Å²) in [6.07, 6.45) is 0. The molecule has 7 aromatic rings. The van der Waals surface area contributed by atoms with Gasteiger partial charge in [0.1, 0.15) is 0 Å². The molecule has 47 heavy (non-hydrogen) atoms. The van der Waals surface area contributed by atoms with E-state index in [2.05, 4.69) is 133 Å². The number of ether oxygens (including phenoxy) is 2. The van der Waals surface area contributed by atoms with E-state index in [-0.39, 0.29) is 0 Å². The molecule has 0 fully saturated rings. The Balaban J connectivity index is 1.12. The molecular formula is C44H27NO2. The van der Waals surface area contributed by atoms with Crippen LogP contribution in [0.15, 0.2) is 164 Å². The molecule has 3 nitrogen and oxygen atoms in total. The molecule has 0 N–H and O–H groups in total. The van der Waals surface area contributed by atoms with Crippen LogP contribution in [0, 0.1) is 11.3 Å². The molecule has 0 bridgehead atoms. The number of benzene rings is 7. The number of nitriles is 1. The monoisotopic (exact) mass is 601 g/mol. The quantitative estimate of drug-likeness (QED) is 0.202. The predicted octanol–water partition coefficient (Wildman–Crippen LogP) is 11.2.